The average molecular weight is 374 g/mol. The summed E-state index contributed by atoms with van der Waals surface area (Å²) in [7, 11) is 0. The van der Waals surface area contributed by atoms with Gasteiger partial charge in [0, 0.05) is 43.3 Å². The van der Waals surface area contributed by atoms with Crippen LogP contribution in [0, 0.1) is 0 Å². The molecule has 2 saturated heterocycles. The summed E-state index contributed by atoms with van der Waals surface area (Å²) >= 11 is 5.84. The van der Waals surface area contributed by atoms with Crippen molar-refractivity contribution in [2.45, 2.75) is 6.04 Å². The Balaban J connectivity index is 0.00000208. The molecule has 8 heteroatoms. The molecule has 0 radical (unpaired) electrons. The molecule has 0 bridgehead atoms. The summed E-state index contributed by atoms with van der Waals surface area (Å²) in [5, 5.41) is 3.78. The first-order chi connectivity index (χ1) is 11.1. The number of carbonyl (C=O) groups is 2. The van der Waals surface area contributed by atoms with Crippen LogP contribution in [0.25, 0.3) is 0 Å². The van der Waals surface area contributed by atoms with E-state index < -0.39 is 0 Å². The molecule has 2 heterocycles. The molecule has 24 heavy (non-hydrogen) atoms. The van der Waals surface area contributed by atoms with Crippen LogP contribution in [0.3, 0.4) is 0 Å². The molecule has 0 aromatic heterocycles. The molecule has 132 valence electrons. The second-order valence-electron chi connectivity index (χ2n) is 5.71. The van der Waals surface area contributed by atoms with E-state index in [9.17, 15) is 9.59 Å². The van der Waals surface area contributed by atoms with Gasteiger partial charge in [-0.05, 0) is 24.3 Å². The molecule has 0 spiro atoms. The standard InChI is InChI=1S/C16H20ClN3O3.ClH/c17-13-3-1-12(2-4-13)15(21)19-6-8-20(9-7-19)16(22)14-11-23-10-5-18-14;/h1-4,14,18H,5-11H2;1H. The van der Waals surface area contributed by atoms with Gasteiger partial charge in [-0.15, -0.1) is 12.4 Å². The third-order valence-electron chi connectivity index (χ3n) is 4.19. The van der Waals surface area contributed by atoms with Crippen LogP contribution in [-0.4, -0.2) is 73.6 Å². The van der Waals surface area contributed by atoms with Gasteiger partial charge in [-0.25, -0.2) is 0 Å². The van der Waals surface area contributed by atoms with Gasteiger partial charge in [0.25, 0.3) is 5.91 Å². The molecular formula is C16H21Cl2N3O3. The maximum absolute atomic E-state index is 12.4. The molecule has 2 aliphatic rings. The molecule has 1 unspecified atom stereocenters. The fourth-order valence-corrected chi connectivity index (χ4v) is 2.98. The number of piperazine rings is 1. The lowest BCUT2D eigenvalue weighted by molar-refractivity contribution is -0.137. The lowest BCUT2D eigenvalue weighted by Gasteiger charge is -2.37. The van der Waals surface area contributed by atoms with Gasteiger partial charge in [0.15, 0.2) is 0 Å². The van der Waals surface area contributed by atoms with Gasteiger partial charge in [-0.2, -0.15) is 0 Å². The Morgan fingerprint density at radius 3 is 2.29 bits per heavy atom. The van der Waals surface area contributed by atoms with Crippen molar-refractivity contribution in [3.63, 3.8) is 0 Å². The number of amides is 2. The average Bonchev–Trinajstić information content (AvgIpc) is 2.62. The Bertz CT molecular complexity index is 568. The number of morpholine rings is 1. The van der Waals surface area contributed by atoms with E-state index in [1.807, 2.05) is 0 Å². The fraction of sp³-hybridized carbons (Fsp3) is 0.500. The first-order valence-corrected chi connectivity index (χ1v) is 8.18. The van der Waals surface area contributed by atoms with Crippen LogP contribution in [0.15, 0.2) is 24.3 Å². The first kappa shape index (κ1) is 19.0. The van der Waals surface area contributed by atoms with Crippen molar-refractivity contribution in [3.05, 3.63) is 34.9 Å². The van der Waals surface area contributed by atoms with Gasteiger partial charge in [0.1, 0.15) is 6.04 Å². The molecule has 1 N–H and O–H groups in total. The van der Waals surface area contributed by atoms with E-state index >= 15 is 0 Å². The minimum absolute atomic E-state index is 0. The van der Waals surface area contributed by atoms with E-state index in [1.165, 1.54) is 0 Å². The van der Waals surface area contributed by atoms with Gasteiger partial charge in [-0.3, -0.25) is 9.59 Å². The summed E-state index contributed by atoms with van der Waals surface area (Å²) in [5.74, 6) is 0.0381. The third-order valence-corrected chi connectivity index (χ3v) is 4.44. The predicted octanol–water partition coefficient (Wildman–Crippen LogP) is 1.03. The summed E-state index contributed by atoms with van der Waals surface area (Å²) in [6, 6.07) is 6.62. The molecule has 3 rings (SSSR count). The molecule has 0 saturated carbocycles. The largest absolute Gasteiger partial charge is 0.378 e. The van der Waals surface area contributed by atoms with Gasteiger partial charge in [-0.1, -0.05) is 11.6 Å². The van der Waals surface area contributed by atoms with E-state index in [1.54, 1.807) is 34.1 Å². The topological polar surface area (TPSA) is 61.9 Å². The van der Waals surface area contributed by atoms with Gasteiger partial charge in [0.2, 0.25) is 5.91 Å². The lowest BCUT2D eigenvalue weighted by Crippen LogP contribution is -2.57. The summed E-state index contributed by atoms with van der Waals surface area (Å²) < 4.78 is 5.34. The highest BCUT2D eigenvalue weighted by molar-refractivity contribution is 6.30. The number of hydrogen-bond donors (Lipinski definition) is 1. The van der Waals surface area contributed by atoms with Crippen molar-refractivity contribution in [3.8, 4) is 0 Å². The van der Waals surface area contributed by atoms with Crippen molar-refractivity contribution in [2.24, 2.45) is 0 Å². The van der Waals surface area contributed by atoms with Crippen molar-refractivity contribution >= 4 is 35.8 Å². The van der Waals surface area contributed by atoms with Crippen LogP contribution in [0.5, 0.6) is 0 Å². The molecular weight excluding hydrogens is 353 g/mol. The summed E-state index contributed by atoms with van der Waals surface area (Å²) in [5.41, 5.74) is 0.622. The number of rotatable bonds is 2. The van der Waals surface area contributed by atoms with Gasteiger partial charge in [0.05, 0.1) is 13.2 Å². The molecule has 2 aliphatic heterocycles. The van der Waals surface area contributed by atoms with Crippen LogP contribution in [0.4, 0.5) is 0 Å². The summed E-state index contributed by atoms with van der Waals surface area (Å²) in [6.07, 6.45) is 0. The smallest absolute Gasteiger partial charge is 0.253 e. The van der Waals surface area contributed by atoms with E-state index in [-0.39, 0.29) is 30.3 Å². The van der Waals surface area contributed by atoms with Crippen molar-refractivity contribution in [1.29, 1.82) is 0 Å². The van der Waals surface area contributed by atoms with Crippen LogP contribution in [0.2, 0.25) is 5.02 Å². The number of nitrogens with zero attached hydrogens (tertiary/aromatic N) is 2. The van der Waals surface area contributed by atoms with Crippen molar-refractivity contribution in [2.75, 3.05) is 45.9 Å². The number of hydrogen-bond acceptors (Lipinski definition) is 4. The Morgan fingerprint density at radius 1 is 1.08 bits per heavy atom. The summed E-state index contributed by atoms with van der Waals surface area (Å²) in [4.78, 5) is 28.4. The van der Waals surface area contributed by atoms with Crippen LogP contribution < -0.4 is 5.32 Å². The normalized spacial score (nSPS) is 21.1. The number of nitrogens with one attached hydrogen (secondary N) is 1. The molecule has 2 fully saturated rings. The zero-order valence-electron chi connectivity index (χ0n) is 13.2. The Morgan fingerprint density at radius 2 is 1.71 bits per heavy atom. The highest BCUT2D eigenvalue weighted by Crippen LogP contribution is 2.13. The zero-order valence-corrected chi connectivity index (χ0v) is 14.8. The van der Waals surface area contributed by atoms with E-state index in [0.29, 0.717) is 56.5 Å². The fourth-order valence-electron chi connectivity index (χ4n) is 2.85. The Hall–Kier alpha value is -1.34. The molecule has 1 aromatic carbocycles. The second-order valence-corrected chi connectivity index (χ2v) is 6.14. The van der Waals surface area contributed by atoms with Gasteiger partial charge >= 0.3 is 0 Å². The maximum Gasteiger partial charge on any atom is 0.253 e. The zero-order chi connectivity index (χ0) is 16.2. The van der Waals surface area contributed by atoms with E-state index in [2.05, 4.69) is 5.32 Å². The minimum atomic E-state index is -0.262. The molecule has 1 atom stereocenters. The predicted molar refractivity (Wildman–Crippen MR) is 93.8 cm³/mol. The number of benzene rings is 1. The third kappa shape index (κ3) is 4.39. The van der Waals surface area contributed by atoms with Gasteiger partial charge < -0.3 is 19.9 Å². The maximum atomic E-state index is 12.4. The number of halogens is 2. The highest BCUT2D eigenvalue weighted by atomic mass is 35.5. The van der Waals surface area contributed by atoms with E-state index in [4.69, 9.17) is 16.3 Å². The number of ether oxygens (including phenoxy) is 1. The van der Waals surface area contributed by atoms with Crippen LogP contribution >= 0.6 is 24.0 Å². The first-order valence-electron chi connectivity index (χ1n) is 7.80. The highest BCUT2D eigenvalue weighted by Gasteiger charge is 2.30. The Kier molecular flexibility index (Phi) is 6.86. The SMILES string of the molecule is Cl.O=C(c1ccc(Cl)cc1)N1CCN(C(=O)C2COCCN2)CC1. The molecule has 6 nitrogen and oxygen atoms in total. The van der Waals surface area contributed by atoms with Crippen LogP contribution in [-0.2, 0) is 9.53 Å². The van der Waals surface area contributed by atoms with Crippen molar-refractivity contribution < 1.29 is 14.3 Å². The molecule has 2 amide bonds. The quantitative estimate of drug-likeness (QED) is 0.840. The monoisotopic (exact) mass is 373 g/mol. The Labute approximate surface area is 152 Å². The second kappa shape index (κ2) is 8.67. The van der Waals surface area contributed by atoms with Crippen LogP contribution in [0.1, 0.15) is 10.4 Å². The van der Waals surface area contributed by atoms with E-state index in [0.717, 1.165) is 0 Å². The summed E-state index contributed by atoms with van der Waals surface area (Å²) in [6.45, 7) is 3.95. The minimum Gasteiger partial charge on any atom is -0.378 e. The van der Waals surface area contributed by atoms with Crippen molar-refractivity contribution in [1.82, 2.24) is 15.1 Å². The number of carbonyl (C=O) groups excluding carboxylic acids is 2. The molecule has 1 aromatic rings. The lowest BCUT2D eigenvalue weighted by atomic mass is 10.1. The molecule has 0 aliphatic carbocycles.